The molecule has 1 heterocycles. The SMILES string of the molecule is Cc1ccoc1CNCC(C)(C)C#N. The van der Waals surface area contributed by atoms with E-state index in [1.807, 2.05) is 26.8 Å². The Labute approximate surface area is 84.7 Å². The van der Waals surface area contributed by atoms with Crippen LogP contribution in [0.25, 0.3) is 0 Å². The van der Waals surface area contributed by atoms with Crippen LogP contribution in [-0.2, 0) is 6.54 Å². The Balaban J connectivity index is 2.37. The molecule has 0 amide bonds. The molecule has 1 aromatic rings. The summed E-state index contributed by atoms with van der Waals surface area (Å²) in [4.78, 5) is 0. The van der Waals surface area contributed by atoms with E-state index in [0.717, 1.165) is 11.3 Å². The number of nitrogens with zero attached hydrogens (tertiary/aromatic N) is 1. The van der Waals surface area contributed by atoms with Gasteiger partial charge in [-0.25, -0.2) is 0 Å². The molecule has 0 aliphatic heterocycles. The van der Waals surface area contributed by atoms with E-state index >= 15 is 0 Å². The standard InChI is InChI=1S/C11H16N2O/c1-9-4-5-14-10(9)6-13-8-11(2,3)7-12/h4-5,13H,6,8H2,1-3H3. The molecule has 0 aliphatic carbocycles. The fraction of sp³-hybridized carbons (Fsp3) is 0.545. The van der Waals surface area contributed by atoms with Crippen LogP contribution in [0.15, 0.2) is 16.7 Å². The lowest BCUT2D eigenvalue weighted by molar-refractivity contribution is 0.416. The summed E-state index contributed by atoms with van der Waals surface area (Å²) in [6, 6.07) is 4.18. The van der Waals surface area contributed by atoms with E-state index in [1.165, 1.54) is 0 Å². The molecule has 0 spiro atoms. The van der Waals surface area contributed by atoms with Gasteiger partial charge >= 0.3 is 0 Å². The number of nitriles is 1. The van der Waals surface area contributed by atoms with Crippen LogP contribution >= 0.6 is 0 Å². The Hall–Kier alpha value is -1.27. The van der Waals surface area contributed by atoms with E-state index < -0.39 is 0 Å². The second-order valence-corrected chi connectivity index (χ2v) is 4.13. The number of rotatable bonds is 4. The molecule has 0 aromatic carbocycles. The molecule has 1 aromatic heterocycles. The summed E-state index contributed by atoms with van der Waals surface area (Å²) in [5.41, 5.74) is 0.827. The van der Waals surface area contributed by atoms with Gasteiger partial charge < -0.3 is 9.73 Å². The predicted octanol–water partition coefficient (Wildman–Crippen LogP) is 2.23. The zero-order valence-electron chi connectivity index (χ0n) is 8.92. The molecule has 3 heteroatoms. The molecule has 0 bridgehead atoms. The van der Waals surface area contributed by atoms with Gasteiger partial charge in [0.2, 0.25) is 0 Å². The number of hydrogen-bond acceptors (Lipinski definition) is 3. The zero-order valence-corrected chi connectivity index (χ0v) is 8.92. The number of aryl methyl sites for hydroxylation is 1. The molecular weight excluding hydrogens is 176 g/mol. The lowest BCUT2D eigenvalue weighted by Gasteiger charge is -2.15. The molecule has 0 unspecified atom stereocenters. The highest BCUT2D eigenvalue weighted by molar-refractivity contribution is 5.14. The van der Waals surface area contributed by atoms with Crippen molar-refractivity contribution in [3.8, 4) is 6.07 Å². The van der Waals surface area contributed by atoms with Crippen molar-refractivity contribution in [1.29, 1.82) is 5.26 Å². The molecule has 0 fully saturated rings. The first-order chi connectivity index (χ1) is 6.55. The molecule has 0 radical (unpaired) electrons. The highest BCUT2D eigenvalue weighted by Crippen LogP contribution is 2.12. The van der Waals surface area contributed by atoms with Crippen LogP contribution in [0.3, 0.4) is 0 Å². The van der Waals surface area contributed by atoms with Crippen molar-refractivity contribution in [2.24, 2.45) is 5.41 Å². The van der Waals surface area contributed by atoms with Gasteiger partial charge in [-0.05, 0) is 32.4 Å². The fourth-order valence-corrected chi connectivity index (χ4v) is 1.11. The molecule has 0 atom stereocenters. The topological polar surface area (TPSA) is 49.0 Å². The minimum absolute atomic E-state index is 0.319. The summed E-state index contributed by atoms with van der Waals surface area (Å²) in [5, 5.41) is 12.0. The van der Waals surface area contributed by atoms with Gasteiger partial charge in [-0.3, -0.25) is 0 Å². The Morgan fingerprint density at radius 2 is 2.29 bits per heavy atom. The van der Waals surface area contributed by atoms with Crippen molar-refractivity contribution in [1.82, 2.24) is 5.32 Å². The highest BCUT2D eigenvalue weighted by atomic mass is 16.3. The van der Waals surface area contributed by atoms with Gasteiger partial charge in [0.25, 0.3) is 0 Å². The fourth-order valence-electron chi connectivity index (χ4n) is 1.11. The van der Waals surface area contributed by atoms with Crippen LogP contribution < -0.4 is 5.32 Å². The van der Waals surface area contributed by atoms with E-state index in [1.54, 1.807) is 6.26 Å². The van der Waals surface area contributed by atoms with E-state index in [4.69, 9.17) is 9.68 Å². The van der Waals surface area contributed by atoms with E-state index in [9.17, 15) is 0 Å². The van der Waals surface area contributed by atoms with Gasteiger partial charge in [0.15, 0.2) is 0 Å². The van der Waals surface area contributed by atoms with Gasteiger partial charge in [-0.1, -0.05) is 0 Å². The first kappa shape index (κ1) is 10.8. The van der Waals surface area contributed by atoms with E-state index in [0.29, 0.717) is 13.1 Å². The third-order valence-corrected chi connectivity index (χ3v) is 2.12. The summed E-state index contributed by atoms with van der Waals surface area (Å²) in [6.07, 6.45) is 1.68. The average molecular weight is 192 g/mol. The normalized spacial score (nSPS) is 11.3. The largest absolute Gasteiger partial charge is 0.468 e. The minimum Gasteiger partial charge on any atom is -0.468 e. The summed E-state index contributed by atoms with van der Waals surface area (Å²) < 4.78 is 5.27. The second-order valence-electron chi connectivity index (χ2n) is 4.13. The quantitative estimate of drug-likeness (QED) is 0.795. The van der Waals surface area contributed by atoms with Crippen molar-refractivity contribution in [2.75, 3.05) is 6.54 Å². The first-order valence-corrected chi connectivity index (χ1v) is 4.70. The Bertz CT molecular complexity index is 333. The Kier molecular flexibility index (Phi) is 3.32. The second kappa shape index (κ2) is 4.30. The lowest BCUT2D eigenvalue weighted by atomic mass is 9.96. The van der Waals surface area contributed by atoms with Crippen molar-refractivity contribution in [3.05, 3.63) is 23.7 Å². The van der Waals surface area contributed by atoms with Crippen LogP contribution in [0.1, 0.15) is 25.2 Å². The summed E-state index contributed by atoms with van der Waals surface area (Å²) >= 11 is 0. The van der Waals surface area contributed by atoms with Gasteiger partial charge in [0.05, 0.1) is 24.3 Å². The third-order valence-electron chi connectivity index (χ3n) is 2.12. The third kappa shape index (κ3) is 2.90. The maximum atomic E-state index is 8.79. The summed E-state index contributed by atoms with van der Waals surface area (Å²) in [6.45, 7) is 7.19. The Morgan fingerprint density at radius 1 is 1.57 bits per heavy atom. The van der Waals surface area contributed by atoms with Crippen LogP contribution in [0.4, 0.5) is 0 Å². The van der Waals surface area contributed by atoms with Crippen molar-refractivity contribution >= 4 is 0 Å². The van der Waals surface area contributed by atoms with Gasteiger partial charge in [-0.15, -0.1) is 0 Å². The molecule has 1 rings (SSSR count). The van der Waals surface area contributed by atoms with Crippen LogP contribution in [-0.4, -0.2) is 6.54 Å². The zero-order chi connectivity index (χ0) is 10.6. The molecule has 3 nitrogen and oxygen atoms in total. The molecule has 0 saturated heterocycles. The van der Waals surface area contributed by atoms with Crippen molar-refractivity contribution in [2.45, 2.75) is 27.3 Å². The monoisotopic (exact) mass is 192 g/mol. The molecule has 0 aliphatic rings. The molecule has 1 N–H and O–H groups in total. The lowest BCUT2D eigenvalue weighted by Crippen LogP contribution is -2.27. The predicted molar refractivity (Wildman–Crippen MR) is 54.5 cm³/mol. The molecule has 0 saturated carbocycles. The van der Waals surface area contributed by atoms with Crippen molar-refractivity contribution in [3.63, 3.8) is 0 Å². The maximum absolute atomic E-state index is 8.79. The average Bonchev–Trinajstić information content (AvgIpc) is 2.52. The first-order valence-electron chi connectivity index (χ1n) is 4.70. The highest BCUT2D eigenvalue weighted by Gasteiger charge is 2.15. The smallest absolute Gasteiger partial charge is 0.120 e. The summed E-state index contributed by atoms with van der Waals surface area (Å²) in [5.74, 6) is 0.943. The Morgan fingerprint density at radius 3 is 2.79 bits per heavy atom. The van der Waals surface area contributed by atoms with Gasteiger partial charge in [0.1, 0.15) is 5.76 Å². The van der Waals surface area contributed by atoms with Crippen molar-refractivity contribution < 1.29 is 4.42 Å². The van der Waals surface area contributed by atoms with Gasteiger partial charge in [-0.2, -0.15) is 5.26 Å². The number of furan rings is 1. The summed E-state index contributed by atoms with van der Waals surface area (Å²) in [7, 11) is 0. The van der Waals surface area contributed by atoms with Gasteiger partial charge in [0, 0.05) is 6.54 Å². The number of hydrogen-bond donors (Lipinski definition) is 1. The van der Waals surface area contributed by atoms with Crippen LogP contribution in [0, 0.1) is 23.7 Å². The molecule has 14 heavy (non-hydrogen) atoms. The van der Waals surface area contributed by atoms with E-state index in [-0.39, 0.29) is 5.41 Å². The maximum Gasteiger partial charge on any atom is 0.120 e. The number of nitrogens with one attached hydrogen (secondary N) is 1. The van der Waals surface area contributed by atoms with Crippen LogP contribution in [0.5, 0.6) is 0 Å². The van der Waals surface area contributed by atoms with Crippen LogP contribution in [0.2, 0.25) is 0 Å². The molecular formula is C11H16N2O. The van der Waals surface area contributed by atoms with E-state index in [2.05, 4.69) is 11.4 Å². The minimum atomic E-state index is -0.319. The molecule has 76 valence electrons.